The van der Waals surface area contributed by atoms with E-state index in [1.807, 2.05) is 6.92 Å². The smallest absolute Gasteiger partial charge is 0.143 e. The van der Waals surface area contributed by atoms with Crippen LogP contribution in [-0.2, 0) is 4.79 Å². The average molecular weight is 178 g/mol. The molecule has 0 spiro atoms. The molecule has 2 nitrogen and oxygen atoms in total. The number of aliphatic hydroxyl groups is 1. The van der Waals surface area contributed by atoms with Crippen molar-refractivity contribution in [1.82, 2.24) is 0 Å². The lowest BCUT2D eigenvalue weighted by atomic mass is 9.88. The molecule has 0 radical (unpaired) electrons. The minimum atomic E-state index is 0.824. The van der Waals surface area contributed by atoms with Crippen LogP contribution in [0.3, 0.4) is 0 Å². The van der Waals surface area contributed by atoms with Crippen LogP contribution in [-0.4, -0.2) is 11.4 Å². The van der Waals surface area contributed by atoms with E-state index >= 15 is 0 Å². The predicted octanol–water partition coefficient (Wildman–Crippen LogP) is 2.68. The molecule has 0 aliphatic heterocycles. The number of rotatable bonds is 2. The van der Waals surface area contributed by atoms with Gasteiger partial charge in [0.2, 0.25) is 0 Å². The second kappa shape index (κ2) is 4.65. The van der Waals surface area contributed by atoms with E-state index in [0.29, 0.717) is 0 Å². The Morgan fingerprint density at radius 1 is 1.38 bits per heavy atom. The van der Waals surface area contributed by atoms with E-state index in [0.717, 1.165) is 48.5 Å². The molecular weight excluding hydrogens is 164 g/mol. The summed E-state index contributed by atoms with van der Waals surface area (Å²) in [7, 11) is 0. The SMILES string of the molecule is CC1=C(C=CO)CCCC1=CC=O. The van der Waals surface area contributed by atoms with E-state index < -0.39 is 0 Å². The Kier molecular flexibility index (Phi) is 3.50. The quantitative estimate of drug-likeness (QED) is 0.401. The summed E-state index contributed by atoms with van der Waals surface area (Å²) in [5, 5.41) is 8.65. The minimum absolute atomic E-state index is 0.824. The number of carbonyl (C=O) groups is 1. The highest BCUT2D eigenvalue weighted by Gasteiger charge is 2.11. The lowest BCUT2D eigenvalue weighted by molar-refractivity contribution is -0.104. The first-order valence-corrected chi connectivity index (χ1v) is 4.45. The Hall–Kier alpha value is -1.31. The first kappa shape index (κ1) is 9.78. The third-order valence-corrected chi connectivity index (χ3v) is 2.40. The fraction of sp³-hybridized carbons (Fsp3) is 0.364. The molecule has 1 aliphatic carbocycles. The first-order valence-electron chi connectivity index (χ1n) is 4.45. The maximum Gasteiger partial charge on any atom is 0.143 e. The maximum absolute atomic E-state index is 10.3. The summed E-state index contributed by atoms with van der Waals surface area (Å²) in [6.07, 6.45) is 8.20. The van der Waals surface area contributed by atoms with Crippen molar-refractivity contribution in [2.24, 2.45) is 0 Å². The second-order valence-corrected chi connectivity index (χ2v) is 3.15. The molecule has 1 N–H and O–H groups in total. The van der Waals surface area contributed by atoms with Crippen LogP contribution in [0.15, 0.2) is 35.1 Å². The molecule has 0 heterocycles. The number of aliphatic hydroxyl groups excluding tert-OH is 1. The molecule has 0 aromatic rings. The van der Waals surface area contributed by atoms with E-state index in [9.17, 15) is 4.79 Å². The van der Waals surface area contributed by atoms with Crippen LogP contribution in [0.5, 0.6) is 0 Å². The topological polar surface area (TPSA) is 37.3 Å². The van der Waals surface area contributed by atoms with Crippen LogP contribution in [0, 0.1) is 0 Å². The molecule has 2 heteroatoms. The first-order chi connectivity index (χ1) is 6.29. The van der Waals surface area contributed by atoms with Crippen LogP contribution >= 0.6 is 0 Å². The lowest BCUT2D eigenvalue weighted by Crippen LogP contribution is -1.99. The minimum Gasteiger partial charge on any atom is -0.516 e. The summed E-state index contributed by atoms with van der Waals surface area (Å²) in [6, 6.07) is 0. The zero-order chi connectivity index (χ0) is 9.68. The molecule has 0 bridgehead atoms. The van der Waals surface area contributed by atoms with Gasteiger partial charge in [0.05, 0.1) is 6.26 Å². The Morgan fingerprint density at radius 2 is 2.15 bits per heavy atom. The van der Waals surface area contributed by atoms with Gasteiger partial charge in [-0.05, 0) is 55.1 Å². The van der Waals surface area contributed by atoms with Gasteiger partial charge in [0.25, 0.3) is 0 Å². The summed E-state index contributed by atoms with van der Waals surface area (Å²) >= 11 is 0. The maximum atomic E-state index is 10.3. The van der Waals surface area contributed by atoms with Gasteiger partial charge in [-0.2, -0.15) is 0 Å². The van der Waals surface area contributed by atoms with Crippen LogP contribution in [0.2, 0.25) is 0 Å². The third kappa shape index (κ3) is 2.31. The van der Waals surface area contributed by atoms with Gasteiger partial charge >= 0.3 is 0 Å². The van der Waals surface area contributed by atoms with Crippen molar-refractivity contribution < 1.29 is 9.90 Å². The summed E-state index contributed by atoms with van der Waals surface area (Å²) < 4.78 is 0. The number of aldehydes is 1. The molecular formula is C11H14O2. The number of hydrogen-bond acceptors (Lipinski definition) is 2. The molecule has 0 atom stereocenters. The average Bonchev–Trinajstić information content (AvgIpc) is 2.13. The number of carbonyl (C=O) groups excluding carboxylic acids is 1. The van der Waals surface area contributed by atoms with Crippen LogP contribution in [0.1, 0.15) is 26.2 Å². The van der Waals surface area contributed by atoms with Gasteiger partial charge in [-0.1, -0.05) is 0 Å². The Balaban J connectivity index is 2.98. The van der Waals surface area contributed by atoms with Gasteiger partial charge in [-0.3, -0.25) is 4.79 Å². The van der Waals surface area contributed by atoms with Crippen molar-refractivity contribution >= 4 is 6.29 Å². The van der Waals surface area contributed by atoms with E-state index in [2.05, 4.69) is 0 Å². The molecule has 0 unspecified atom stereocenters. The molecule has 0 aromatic carbocycles. The molecule has 0 aromatic heterocycles. The number of allylic oxidation sites excluding steroid dienone is 5. The molecule has 0 fully saturated rings. The van der Waals surface area contributed by atoms with Crippen molar-refractivity contribution in [2.45, 2.75) is 26.2 Å². The zero-order valence-electron chi connectivity index (χ0n) is 7.79. The fourth-order valence-corrected chi connectivity index (χ4v) is 1.64. The van der Waals surface area contributed by atoms with E-state index in [1.54, 1.807) is 12.2 Å². The zero-order valence-corrected chi connectivity index (χ0v) is 7.79. The van der Waals surface area contributed by atoms with Gasteiger partial charge in [-0.25, -0.2) is 0 Å². The van der Waals surface area contributed by atoms with Crippen molar-refractivity contribution in [1.29, 1.82) is 0 Å². The third-order valence-electron chi connectivity index (χ3n) is 2.40. The highest BCUT2D eigenvalue weighted by molar-refractivity contribution is 5.68. The molecule has 13 heavy (non-hydrogen) atoms. The van der Waals surface area contributed by atoms with E-state index in [-0.39, 0.29) is 0 Å². The molecule has 1 aliphatic rings. The fourth-order valence-electron chi connectivity index (χ4n) is 1.64. The predicted molar refractivity (Wildman–Crippen MR) is 52.5 cm³/mol. The van der Waals surface area contributed by atoms with Gasteiger partial charge < -0.3 is 5.11 Å². The standard InChI is InChI=1S/C11H14O2/c1-9-10(5-7-12)3-2-4-11(9)6-8-13/h5-8,12H,2-4H2,1H3. The molecule has 70 valence electrons. The summed E-state index contributed by atoms with van der Waals surface area (Å²) in [4.78, 5) is 10.3. The largest absolute Gasteiger partial charge is 0.516 e. The van der Waals surface area contributed by atoms with Crippen molar-refractivity contribution in [3.05, 3.63) is 35.1 Å². The normalized spacial score (nSPS) is 21.5. The highest BCUT2D eigenvalue weighted by atomic mass is 16.2. The van der Waals surface area contributed by atoms with Crippen LogP contribution in [0.25, 0.3) is 0 Å². The summed E-state index contributed by atoms with van der Waals surface area (Å²) in [5.74, 6) is 0. The van der Waals surface area contributed by atoms with Gasteiger partial charge in [-0.15, -0.1) is 0 Å². The van der Waals surface area contributed by atoms with Gasteiger partial charge in [0.15, 0.2) is 0 Å². The molecule has 0 amide bonds. The molecule has 0 saturated heterocycles. The Labute approximate surface area is 78.3 Å². The van der Waals surface area contributed by atoms with E-state index in [4.69, 9.17) is 5.11 Å². The van der Waals surface area contributed by atoms with Crippen LogP contribution in [0.4, 0.5) is 0 Å². The van der Waals surface area contributed by atoms with Crippen molar-refractivity contribution in [3.63, 3.8) is 0 Å². The lowest BCUT2D eigenvalue weighted by Gasteiger charge is -2.17. The molecule has 1 rings (SSSR count). The van der Waals surface area contributed by atoms with E-state index in [1.165, 1.54) is 0 Å². The molecule has 0 saturated carbocycles. The Bertz CT molecular complexity index is 282. The van der Waals surface area contributed by atoms with Gasteiger partial charge in [0.1, 0.15) is 6.29 Å². The summed E-state index contributed by atoms with van der Waals surface area (Å²) in [5.41, 5.74) is 3.35. The summed E-state index contributed by atoms with van der Waals surface area (Å²) in [6.45, 7) is 1.99. The number of hydrogen-bond donors (Lipinski definition) is 1. The monoisotopic (exact) mass is 178 g/mol. The highest BCUT2D eigenvalue weighted by Crippen LogP contribution is 2.29. The Morgan fingerprint density at radius 3 is 2.77 bits per heavy atom. The second-order valence-electron chi connectivity index (χ2n) is 3.15. The van der Waals surface area contributed by atoms with Crippen LogP contribution < -0.4 is 0 Å². The van der Waals surface area contributed by atoms with Crippen molar-refractivity contribution in [3.8, 4) is 0 Å². The van der Waals surface area contributed by atoms with Crippen molar-refractivity contribution in [2.75, 3.05) is 0 Å². The van der Waals surface area contributed by atoms with Gasteiger partial charge in [0, 0.05) is 0 Å².